The summed E-state index contributed by atoms with van der Waals surface area (Å²) >= 11 is 0. The zero-order chi connectivity index (χ0) is 14.8. The van der Waals surface area contributed by atoms with Crippen molar-refractivity contribution in [1.82, 2.24) is 4.90 Å². The largest absolute Gasteiger partial charge is 0.379 e. The van der Waals surface area contributed by atoms with Gasteiger partial charge in [0.2, 0.25) is 0 Å². The number of benzene rings is 1. The van der Waals surface area contributed by atoms with E-state index in [1.165, 1.54) is 6.07 Å². The highest BCUT2D eigenvalue weighted by Crippen LogP contribution is 2.23. The van der Waals surface area contributed by atoms with Crippen LogP contribution >= 0.6 is 0 Å². The molecular formula is C15H22F2N2O. The highest BCUT2D eigenvalue weighted by atomic mass is 19.1. The summed E-state index contributed by atoms with van der Waals surface area (Å²) in [5, 5.41) is 0. The summed E-state index contributed by atoms with van der Waals surface area (Å²) in [4.78, 5) is 2.25. The molecule has 1 unspecified atom stereocenters. The van der Waals surface area contributed by atoms with Crippen molar-refractivity contribution >= 4 is 0 Å². The number of halogens is 2. The third-order valence-electron chi connectivity index (χ3n) is 4.18. The number of hydrogen-bond acceptors (Lipinski definition) is 3. The molecular weight excluding hydrogens is 262 g/mol. The van der Waals surface area contributed by atoms with Gasteiger partial charge in [0, 0.05) is 24.7 Å². The lowest BCUT2D eigenvalue weighted by Crippen LogP contribution is -2.59. The van der Waals surface area contributed by atoms with Crippen LogP contribution in [0.3, 0.4) is 0 Å². The highest BCUT2D eigenvalue weighted by Gasteiger charge is 2.34. The van der Waals surface area contributed by atoms with Gasteiger partial charge in [-0.15, -0.1) is 0 Å². The summed E-state index contributed by atoms with van der Waals surface area (Å²) in [6.45, 7) is 7.08. The molecule has 1 aliphatic heterocycles. The Morgan fingerprint density at radius 1 is 1.30 bits per heavy atom. The van der Waals surface area contributed by atoms with Crippen LogP contribution in [-0.2, 0) is 11.2 Å². The van der Waals surface area contributed by atoms with Crippen molar-refractivity contribution in [3.63, 3.8) is 0 Å². The maximum absolute atomic E-state index is 13.7. The zero-order valence-electron chi connectivity index (χ0n) is 12.0. The van der Waals surface area contributed by atoms with Gasteiger partial charge in [-0.3, -0.25) is 4.90 Å². The first-order chi connectivity index (χ1) is 9.41. The summed E-state index contributed by atoms with van der Waals surface area (Å²) in [6, 6.07) is 3.22. The lowest BCUT2D eigenvalue weighted by Gasteiger charge is -2.44. The van der Waals surface area contributed by atoms with E-state index < -0.39 is 11.6 Å². The maximum atomic E-state index is 13.7. The van der Waals surface area contributed by atoms with Gasteiger partial charge in [-0.1, -0.05) is 0 Å². The van der Waals surface area contributed by atoms with Gasteiger partial charge >= 0.3 is 0 Å². The quantitative estimate of drug-likeness (QED) is 0.918. The van der Waals surface area contributed by atoms with Crippen LogP contribution in [0, 0.1) is 11.6 Å². The molecule has 0 amide bonds. The van der Waals surface area contributed by atoms with Gasteiger partial charge in [0.1, 0.15) is 11.6 Å². The van der Waals surface area contributed by atoms with Crippen LogP contribution in [0.15, 0.2) is 18.2 Å². The van der Waals surface area contributed by atoms with Gasteiger partial charge in [0.05, 0.1) is 13.2 Å². The number of hydrogen-bond donors (Lipinski definition) is 1. The minimum atomic E-state index is -0.433. The molecule has 20 heavy (non-hydrogen) atoms. The summed E-state index contributed by atoms with van der Waals surface area (Å²) in [6.07, 6.45) is 0.313. The number of morpholine rings is 1. The van der Waals surface area contributed by atoms with E-state index in [9.17, 15) is 8.78 Å². The second-order valence-electron chi connectivity index (χ2n) is 5.80. The van der Waals surface area contributed by atoms with Crippen LogP contribution in [0.2, 0.25) is 0 Å². The molecule has 5 heteroatoms. The SMILES string of the molecule is CC(C)(C(N)Cc1cc(F)ccc1F)N1CCOCC1. The highest BCUT2D eigenvalue weighted by molar-refractivity contribution is 5.20. The molecule has 1 atom stereocenters. The molecule has 0 radical (unpaired) electrons. The molecule has 112 valence electrons. The molecule has 1 heterocycles. The van der Waals surface area contributed by atoms with Crippen LogP contribution in [-0.4, -0.2) is 42.8 Å². The molecule has 0 aromatic heterocycles. The second kappa shape index (κ2) is 6.16. The average molecular weight is 284 g/mol. The first kappa shape index (κ1) is 15.4. The minimum absolute atomic E-state index is 0.281. The van der Waals surface area contributed by atoms with E-state index in [1.54, 1.807) is 0 Å². The molecule has 0 saturated carbocycles. The predicted octanol–water partition coefficient (Wildman–Crippen LogP) is 1.95. The molecule has 2 rings (SSSR count). The van der Waals surface area contributed by atoms with Crippen LogP contribution in [0.4, 0.5) is 8.78 Å². The Morgan fingerprint density at radius 3 is 2.60 bits per heavy atom. The maximum Gasteiger partial charge on any atom is 0.126 e. The Kier molecular flexibility index (Phi) is 4.73. The van der Waals surface area contributed by atoms with Crippen molar-refractivity contribution in [3.8, 4) is 0 Å². The Labute approximate surface area is 118 Å². The number of nitrogens with zero attached hydrogens (tertiary/aromatic N) is 1. The molecule has 0 bridgehead atoms. The van der Waals surface area contributed by atoms with Gasteiger partial charge in [0.25, 0.3) is 0 Å². The third-order valence-corrected chi connectivity index (χ3v) is 4.18. The summed E-state index contributed by atoms with van der Waals surface area (Å²) in [5.74, 6) is -0.836. The van der Waals surface area contributed by atoms with E-state index in [1.807, 2.05) is 13.8 Å². The molecule has 1 aliphatic rings. The van der Waals surface area contributed by atoms with Gasteiger partial charge < -0.3 is 10.5 Å². The van der Waals surface area contributed by atoms with E-state index in [0.717, 1.165) is 25.2 Å². The van der Waals surface area contributed by atoms with Crippen molar-refractivity contribution in [2.45, 2.75) is 31.8 Å². The van der Waals surface area contributed by atoms with Crippen LogP contribution in [0.1, 0.15) is 19.4 Å². The van der Waals surface area contributed by atoms with Crippen LogP contribution < -0.4 is 5.73 Å². The lowest BCUT2D eigenvalue weighted by molar-refractivity contribution is -0.0186. The van der Waals surface area contributed by atoms with Crippen LogP contribution in [0.5, 0.6) is 0 Å². The normalized spacial score (nSPS) is 19.1. The number of ether oxygens (including phenoxy) is 1. The van der Waals surface area contributed by atoms with Crippen molar-refractivity contribution in [3.05, 3.63) is 35.4 Å². The molecule has 1 aromatic rings. The molecule has 1 aromatic carbocycles. The molecule has 2 N–H and O–H groups in total. The average Bonchev–Trinajstić information content (AvgIpc) is 2.43. The van der Waals surface area contributed by atoms with E-state index in [2.05, 4.69) is 4.90 Å². The van der Waals surface area contributed by atoms with Crippen LogP contribution in [0.25, 0.3) is 0 Å². The predicted molar refractivity (Wildman–Crippen MR) is 74.5 cm³/mol. The zero-order valence-corrected chi connectivity index (χ0v) is 12.0. The van der Waals surface area contributed by atoms with E-state index in [-0.39, 0.29) is 11.6 Å². The monoisotopic (exact) mass is 284 g/mol. The number of nitrogens with two attached hydrogens (primary N) is 1. The van der Waals surface area contributed by atoms with E-state index in [4.69, 9.17) is 10.5 Å². The molecule has 1 saturated heterocycles. The van der Waals surface area contributed by atoms with E-state index in [0.29, 0.717) is 25.2 Å². The topological polar surface area (TPSA) is 38.5 Å². The fourth-order valence-electron chi connectivity index (χ4n) is 2.56. The minimum Gasteiger partial charge on any atom is -0.379 e. The van der Waals surface area contributed by atoms with Crippen molar-refractivity contribution in [2.24, 2.45) is 5.73 Å². The fraction of sp³-hybridized carbons (Fsp3) is 0.600. The Balaban J connectivity index is 2.09. The first-order valence-electron chi connectivity index (χ1n) is 6.93. The van der Waals surface area contributed by atoms with Gasteiger partial charge in [-0.25, -0.2) is 8.78 Å². The number of rotatable bonds is 4. The Morgan fingerprint density at radius 2 is 1.95 bits per heavy atom. The summed E-state index contributed by atoms with van der Waals surface area (Å²) in [7, 11) is 0. The molecule has 1 fully saturated rings. The van der Waals surface area contributed by atoms with Crippen molar-refractivity contribution in [2.75, 3.05) is 26.3 Å². The molecule has 0 spiro atoms. The Hall–Kier alpha value is -1.04. The standard InChI is InChI=1S/C15H22F2N2O/c1-15(2,19-5-7-20-8-6-19)14(18)10-11-9-12(16)3-4-13(11)17/h3-4,9,14H,5-8,10,18H2,1-2H3. The fourth-order valence-corrected chi connectivity index (χ4v) is 2.56. The first-order valence-corrected chi connectivity index (χ1v) is 6.93. The van der Waals surface area contributed by atoms with Gasteiger partial charge in [-0.05, 0) is 44.0 Å². The summed E-state index contributed by atoms with van der Waals surface area (Å²) in [5.41, 5.74) is 6.30. The molecule has 3 nitrogen and oxygen atoms in total. The third kappa shape index (κ3) is 3.34. The van der Waals surface area contributed by atoms with Gasteiger partial charge in [-0.2, -0.15) is 0 Å². The smallest absolute Gasteiger partial charge is 0.126 e. The lowest BCUT2D eigenvalue weighted by atomic mass is 9.87. The molecule has 0 aliphatic carbocycles. The summed E-state index contributed by atoms with van der Waals surface area (Å²) < 4.78 is 32.3. The van der Waals surface area contributed by atoms with E-state index >= 15 is 0 Å². The van der Waals surface area contributed by atoms with Crippen molar-refractivity contribution in [1.29, 1.82) is 0 Å². The van der Waals surface area contributed by atoms with Crippen molar-refractivity contribution < 1.29 is 13.5 Å². The van der Waals surface area contributed by atoms with Gasteiger partial charge in [0.15, 0.2) is 0 Å². The Bertz CT molecular complexity index is 459. The second-order valence-corrected chi connectivity index (χ2v) is 5.80.